The summed E-state index contributed by atoms with van der Waals surface area (Å²) in [5, 5.41) is 33.5. The molecule has 5 aromatic rings. The Morgan fingerprint density at radius 1 is 1.17 bits per heavy atom. The van der Waals surface area contributed by atoms with Gasteiger partial charge in [-0.25, -0.2) is 14.2 Å². The van der Waals surface area contributed by atoms with Crippen molar-refractivity contribution >= 4 is 40.2 Å². The Bertz CT molecular complexity index is 1930. The number of carbonyl (C=O) groups is 1. The molecule has 4 heterocycles. The van der Waals surface area contributed by atoms with Crippen LogP contribution in [-0.2, 0) is 30.1 Å². The summed E-state index contributed by atoms with van der Waals surface area (Å²) in [4.78, 5) is 18.8. The number of pyridine rings is 1. The summed E-state index contributed by atoms with van der Waals surface area (Å²) in [7, 11) is 12.7. The summed E-state index contributed by atoms with van der Waals surface area (Å²) in [5.41, 5.74) is 5.02. The van der Waals surface area contributed by atoms with Crippen LogP contribution >= 0.6 is 0 Å². The highest BCUT2D eigenvalue weighted by Gasteiger charge is 2.28. The van der Waals surface area contributed by atoms with Gasteiger partial charge in [-0.2, -0.15) is 20.1 Å². The van der Waals surface area contributed by atoms with Gasteiger partial charge in [0.05, 0.1) is 33.3 Å². The van der Waals surface area contributed by atoms with Crippen LogP contribution < -0.4 is 15.5 Å². The first kappa shape index (κ1) is 31.1. The van der Waals surface area contributed by atoms with E-state index in [4.69, 9.17) is 25.2 Å². The average Bonchev–Trinajstić information content (AvgIpc) is 3.60. The number of halogens is 1. The molecule has 1 aliphatic rings. The Morgan fingerprint density at radius 3 is 2.65 bits per heavy atom. The van der Waals surface area contributed by atoms with Crippen LogP contribution in [-0.4, -0.2) is 68.7 Å². The van der Waals surface area contributed by atoms with Crippen molar-refractivity contribution in [2.75, 3.05) is 5.32 Å². The number of anilines is 1. The number of benzene rings is 2. The largest absolute Gasteiger partial charge is 0.488 e. The molecule has 12 nitrogen and oxygen atoms in total. The lowest BCUT2D eigenvalue weighted by Crippen LogP contribution is -2.32. The highest BCUT2D eigenvalue weighted by molar-refractivity contribution is 6.58. The minimum atomic E-state index is -1.61. The van der Waals surface area contributed by atoms with Crippen molar-refractivity contribution in [1.29, 1.82) is 0 Å². The van der Waals surface area contributed by atoms with Crippen molar-refractivity contribution in [3.63, 3.8) is 0 Å². The molecule has 1 aliphatic heterocycles. The van der Waals surface area contributed by atoms with E-state index in [0.29, 0.717) is 56.8 Å². The fraction of sp³-hybridized carbons (Fsp3) is 0.233. The summed E-state index contributed by atoms with van der Waals surface area (Å²) >= 11 is 0. The highest BCUT2D eigenvalue weighted by Crippen LogP contribution is 2.39. The van der Waals surface area contributed by atoms with E-state index in [9.17, 15) is 19.2 Å². The van der Waals surface area contributed by atoms with Gasteiger partial charge in [0.2, 0.25) is 0 Å². The molecule has 0 saturated heterocycles. The van der Waals surface area contributed by atoms with Gasteiger partial charge in [0.25, 0.3) is 0 Å². The monoisotopic (exact) mass is 617 g/mol. The Balaban J connectivity index is 1.41. The Labute approximate surface area is 266 Å². The number of rotatable bonds is 5. The molecule has 16 heteroatoms. The minimum absolute atomic E-state index is 0.0467. The number of nitrogens with one attached hydrogen (secondary N) is 1. The molecule has 1 atom stereocenters. The molecule has 2 bridgehead atoms. The SMILES string of the molecule is [B]C([B])(C)n1ncc2c1-c1cnc(NC(=O)OCc3ccc(B(O)O)cc3)c(c1)O[C@H](C)c1cc(F)ccc1-c1nn(C)nc1C2. The number of hydrogen-bond acceptors (Lipinski definition) is 9. The van der Waals surface area contributed by atoms with E-state index in [-0.39, 0.29) is 18.2 Å². The Morgan fingerprint density at radius 2 is 1.93 bits per heavy atom. The van der Waals surface area contributed by atoms with E-state index in [1.54, 1.807) is 51.4 Å². The summed E-state index contributed by atoms with van der Waals surface area (Å²) in [6, 6.07) is 12.3. The molecule has 0 unspecified atom stereocenters. The minimum Gasteiger partial charge on any atom is -0.482 e. The molecule has 228 valence electrons. The van der Waals surface area contributed by atoms with E-state index in [1.165, 1.54) is 39.9 Å². The smallest absolute Gasteiger partial charge is 0.482 e. The van der Waals surface area contributed by atoms with Gasteiger partial charge in [-0.05, 0) is 47.6 Å². The zero-order chi connectivity index (χ0) is 32.7. The summed E-state index contributed by atoms with van der Waals surface area (Å²) in [6.07, 6.45) is 1.89. The lowest BCUT2D eigenvalue weighted by atomic mass is 9.63. The van der Waals surface area contributed by atoms with Crippen molar-refractivity contribution < 1.29 is 28.7 Å². The molecule has 2 aromatic carbocycles. The molecule has 0 aliphatic carbocycles. The van der Waals surface area contributed by atoms with Crippen molar-refractivity contribution in [3.05, 3.63) is 89.1 Å². The molecular formula is C30H27B3FN7O5. The number of amides is 1. The van der Waals surface area contributed by atoms with Crippen LogP contribution in [0.5, 0.6) is 5.75 Å². The normalized spacial score (nSPS) is 14.1. The third-order valence-electron chi connectivity index (χ3n) is 7.45. The first-order valence-electron chi connectivity index (χ1n) is 14.3. The second-order valence-electron chi connectivity index (χ2n) is 11.2. The van der Waals surface area contributed by atoms with Gasteiger partial charge in [0.1, 0.15) is 24.2 Å². The molecular weight excluding hydrogens is 590 g/mol. The third kappa shape index (κ3) is 6.26. The van der Waals surface area contributed by atoms with Gasteiger partial charge in [-0.1, -0.05) is 31.2 Å². The molecule has 6 rings (SSSR count). The van der Waals surface area contributed by atoms with Gasteiger partial charge >= 0.3 is 13.2 Å². The maximum atomic E-state index is 14.6. The number of fused-ring (bicyclic) bond motifs is 7. The summed E-state index contributed by atoms with van der Waals surface area (Å²) in [6.45, 7) is 3.25. The van der Waals surface area contributed by atoms with Crippen LogP contribution in [0.25, 0.3) is 22.5 Å². The topological polar surface area (TPSA) is 149 Å². The van der Waals surface area contributed by atoms with E-state index in [0.717, 1.165) is 0 Å². The van der Waals surface area contributed by atoms with Crippen molar-refractivity contribution in [3.8, 4) is 28.3 Å². The molecule has 4 radical (unpaired) electrons. The van der Waals surface area contributed by atoms with E-state index in [2.05, 4.69) is 25.6 Å². The first-order valence-corrected chi connectivity index (χ1v) is 14.3. The first-order chi connectivity index (χ1) is 21.9. The van der Waals surface area contributed by atoms with Gasteiger partial charge in [-0.3, -0.25) is 10.00 Å². The molecule has 0 spiro atoms. The fourth-order valence-corrected chi connectivity index (χ4v) is 5.31. The highest BCUT2D eigenvalue weighted by atomic mass is 19.1. The lowest BCUT2D eigenvalue weighted by molar-refractivity contribution is 0.154. The zero-order valence-electron chi connectivity index (χ0n) is 25.2. The maximum absolute atomic E-state index is 14.6. The number of nitrogens with zero attached hydrogens (tertiary/aromatic N) is 6. The number of aromatic nitrogens is 6. The quantitative estimate of drug-likeness (QED) is 0.253. The predicted octanol–water partition coefficient (Wildman–Crippen LogP) is 2.32. The molecule has 3 N–H and O–H groups in total. The molecule has 3 aromatic heterocycles. The van der Waals surface area contributed by atoms with Crippen molar-refractivity contribution in [1.82, 2.24) is 29.8 Å². The van der Waals surface area contributed by atoms with Gasteiger partial charge in [0.15, 0.2) is 11.6 Å². The van der Waals surface area contributed by atoms with Crippen molar-refractivity contribution in [2.45, 2.75) is 38.3 Å². The summed E-state index contributed by atoms with van der Waals surface area (Å²) < 4.78 is 27.9. The van der Waals surface area contributed by atoms with E-state index in [1.807, 2.05) is 0 Å². The van der Waals surface area contributed by atoms with Crippen LogP contribution in [0.4, 0.5) is 15.0 Å². The van der Waals surface area contributed by atoms with Crippen LogP contribution in [0.2, 0.25) is 0 Å². The van der Waals surface area contributed by atoms with Crippen LogP contribution in [0.3, 0.4) is 0 Å². The number of carbonyl (C=O) groups excluding carboxylic acids is 1. The third-order valence-corrected chi connectivity index (χ3v) is 7.45. The number of hydrogen-bond donors (Lipinski definition) is 3. The number of ether oxygens (including phenoxy) is 2. The molecule has 0 fully saturated rings. The van der Waals surface area contributed by atoms with Gasteiger partial charge < -0.3 is 19.5 Å². The second-order valence-corrected chi connectivity index (χ2v) is 11.2. The number of aryl methyl sites for hydroxylation is 1. The second kappa shape index (κ2) is 12.1. The Kier molecular flexibility index (Phi) is 8.17. The summed E-state index contributed by atoms with van der Waals surface area (Å²) in [5.74, 6) is -0.255. The molecule has 46 heavy (non-hydrogen) atoms. The van der Waals surface area contributed by atoms with E-state index >= 15 is 0 Å². The van der Waals surface area contributed by atoms with Crippen molar-refractivity contribution in [2.24, 2.45) is 7.05 Å². The average molecular weight is 617 g/mol. The van der Waals surface area contributed by atoms with Gasteiger partial charge in [-0.15, -0.1) is 0 Å². The predicted molar refractivity (Wildman–Crippen MR) is 169 cm³/mol. The molecule has 1 amide bonds. The standard InChI is InChI=1S/C30H27B3FN7O5/c1-16-23-12-21(34)8-9-22(23)26-24(38-40(3)39-26)10-18-14-36-41(30(2,31)32)27(18)19-11-25(46-16)28(35-13-19)37-29(42)45-15-17-4-6-20(7-5-17)33(43)44/h4-9,11-14,16,43-44H,10,15H2,1-3H3,(H,35,37,42)/t16-/m1/s1. The van der Waals surface area contributed by atoms with Crippen LogP contribution in [0, 0.1) is 5.82 Å². The van der Waals surface area contributed by atoms with Gasteiger partial charge in [0, 0.05) is 41.9 Å². The zero-order valence-corrected chi connectivity index (χ0v) is 25.2. The van der Waals surface area contributed by atoms with E-state index < -0.39 is 30.5 Å². The maximum Gasteiger partial charge on any atom is 0.488 e. The van der Waals surface area contributed by atoms with Crippen LogP contribution in [0.15, 0.2) is 60.9 Å². The molecule has 0 saturated carbocycles. The lowest BCUT2D eigenvalue weighted by Gasteiger charge is -2.25. The fourth-order valence-electron chi connectivity index (χ4n) is 5.31. The Hall–Kier alpha value is -4.95. The van der Waals surface area contributed by atoms with Crippen LogP contribution in [0.1, 0.15) is 42.3 Å².